The number of amides is 1. The van der Waals surface area contributed by atoms with Crippen LogP contribution in [0.4, 0.5) is 0 Å². The average Bonchev–Trinajstić information content (AvgIpc) is 3.28. The Kier molecular flexibility index (Phi) is 51.6. The van der Waals surface area contributed by atoms with Crippen molar-refractivity contribution in [3.05, 3.63) is 24.3 Å². The molecule has 2 atom stereocenters. The number of hydrogen-bond donors (Lipinski definition) is 3. The number of carbonyl (C=O) groups excluding carboxylic acids is 2. The summed E-state index contributed by atoms with van der Waals surface area (Å²) >= 11 is 0. The van der Waals surface area contributed by atoms with E-state index in [1.165, 1.54) is 205 Å². The van der Waals surface area contributed by atoms with Gasteiger partial charge in [-0.25, -0.2) is 0 Å². The van der Waals surface area contributed by atoms with E-state index in [9.17, 15) is 19.8 Å². The first-order valence-electron chi connectivity index (χ1n) is 28.1. The van der Waals surface area contributed by atoms with Crippen LogP contribution < -0.4 is 5.32 Å². The second-order valence-electron chi connectivity index (χ2n) is 19.3. The standard InChI is InChI=1S/C57H109NO5/c1-3-5-7-9-11-13-15-17-19-21-23-25-27-31-35-39-43-47-51-57(62)63-52-48-44-40-36-32-28-30-34-38-42-46-50-56(61)58-54(53-59)55(60)49-45-41-37-33-29-26-24-22-20-18-16-14-12-10-8-6-4-2/h13,15,19,21,54-55,59-60H,3-12,14,16-18,20,22-53H2,1-2H3,(H,58,61)/b15-13-,21-19-. The van der Waals surface area contributed by atoms with Crippen molar-refractivity contribution in [3.8, 4) is 0 Å². The molecule has 0 rings (SSSR count). The summed E-state index contributed by atoms with van der Waals surface area (Å²) in [4.78, 5) is 24.6. The minimum Gasteiger partial charge on any atom is -0.466 e. The lowest BCUT2D eigenvalue weighted by molar-refractivity contribution is -0.143. The van der Waals surface area contributed by atoms with Gasteiger partial charge in [0.15, 0.2) is 0 Å². The maximum Gasteiger partial charge on any atom is 0.305 e. The van der Waals surface area contributed by atoms with Crippen LogP contribution in [0.15, 0.2) is 24.3 Å². The van der Waals surface area contributed by atoms with Gasteiger partial charge >= 0.3 is 5.97 Å². The van der Waals surface area contributed by atoms with Crippen molar-refractivity contribution in [2.45, 2.75) is 315 Å². The van der Waals surface area contributed by atoms with Crippen LogP contribution in [0.1, 0.15) is 303 Å². The van der Waals surface area contributed by atoms with E-state index in [-0.39, 0.29) is 18.5 Å². The second-order valence-corrected chi connectivity index (χ2v) is 19.3. The van der Waals surface area contributed by atoms with E-state index in [2.05, 4.69) is 43.5 Å². The molecule has 6 heteroatoms. The molecule has 0 aliphatic heterocycles. The van der Waals surface area contributed by atoms with Gasteiger partial charge in [0.1, 0.15) is 0 Å². The minimum absolute atomic E-state index is 0.0204. The maximum absolute atomic E-state index is 12.5. The normalized spacial score (nSPS) is 12.8. The molecule has 0 aromatic carbocycles. The summed E-state index contributed by atoms with van der Waals surface area (Å²) in [6, 6.07) is -0.556. The van der Waals surface area contributed by atoms with Crippen LogP contribution in [0, 0.1) is 0 Å². The van der Waals surface area contributed by atoms with Gasteiger partial charge in [-0.3, -0.25) is 9.59 Å². The molecule has 0 saturated heterocycles. The molecule has 0 fully saturated rings. The third-order valence-electron chi connectivity index (χ3n) is 13.0. The van der Waals surface area contributed by atoms with Crippen molar-refractivity contribution >= 4 is 11.9 Å². The third-order valence-corrected chi connectivity index (χ3v) is 13.0. The number of allylic oxidation sites excluding steroid dienone is 4. The van der Waals surface area contributed by atoms with Crippen molar-refractivity contribution in [2.75, 3.05) is 13.2 Å². The number of unbranched alkanes of at least 4 members (excludes halogenated alkanes) is 37. The van der Waals surface area contributed by atoms with Gasteiger partial charge in [0.05, 0.1) is 25.4 Å². The Morgan fingerprint density at radius 1 is 0.444 bits per heavy atom. The third kappa shape index (κ3) is 49.6. The molecule has 0 radical (unpaired) electrons. The number of aliphatic hydroxyl groups excluding tert-OH is 2. The van der Waals surface area contributed by atoms with E-state index >= 15 is 0 Å². The van der Waals surface area contributed by atoms with E-state index in [1.807, 2.05) is 0 Å². The number of esters is 1. The molecule has 372 valence electrons. The SMILES string of the molecule is CCCCCC/C=C\C/C=C\CCCCCCCCCC(=O)OCCCCCCCCCCCCCC(=O)NC(CO)C(O)CCCCCCCCCCCCCCCCCCC. The van der Waals surface area contributed by atoms with Gasteiger partial charge in [-0.15, -0.1) is 0 Å². The number of rotatable bonds is 52. The van der Waals surface area contributed by atoms with Crippen molar-refractivity contribution in [2.24, 2.45) is 0 Å². The van der Waals surface area contributed by atoms with Gasteiger partial charge in [-0.2, -0.15) is 0 Å². The predicted molar refractivity (Wildman–Crippen MR) is 273 cm³/mol. The molecule has 63 heavy (non-hydrogen) atoms. The van der Waals surface area contributed by atoms with Crippen LogP contribution in [0.5, 0.6) is 0 Å². The monoisotopic (exact) mass is 888 g/mol. The fourth-order valence-electron chi connectivity index (χ4n) is 8.67. The van der Waals surface area contributed by atoms with Crippen molar-refractivity contribution in [1.29, 1.82) is 0 Å². The Balaban J connectivity index is 3.46. The van der Waals surface area contributed by atoms with Crippen LogP contribution in [0.3, 0.4) is 0 Å². The first-order chi connectivity index (χ1) is 31.0. The molecule has 0 heterocycles. The van der Waals surface area contributed by atoms with Gasteiger partial charge in [0.25, 0.3) is 0 Å². The fraction of sp³-hybridized carbons (Fsp3) is 0.895. The summed E-state index contributed by atoms with van der Waals surface area (Å²) in [6.07, 6.45) is 62.9. The molecule has 0 aromatic rings. The molecule has 3 N–H and O–H groups in total. The number of ether oxygens (including phenoxy) is 1. The molecule has 0 spiro atoms. The average molecular weight is 889 g/mol. The Morgan fingerprint density at radius 2 is 0.794 bits per heavy atom. The van der Waals surface area contributed by atoms with E-state index < -0.39 is 12.1 Å². The van der Waals surface area contributed by atoms with Crippen molar-refractivity contribution in [1.82, 2.24) is 5.32 Å². The second kappa shape index (κ2) is 53.0. The summed E-state index contributed by atoms with van der Waals surface area (Å²) in [5.74, 6) is -0.0730. The lowest BCUT2D eigenvalue weighted by atomic mass is 10.0. The van der Waals surface area contributed by atoms with E-state index in [0.29, 0.717) is 25.9 Å². The van der Waals surface area contributed by atoms with Crippen molar-refractivity contribution in [3.63, 3.8) is 0 Å². The molecule has 0 aromatic heterocycles. The first-order valence-corrected chi connectivity index (χ1v) is 28.1. The highest BCUT2D eigenvalue weighted by molar-refractivity contribution is 5.76. The highest BCUT2D eigenvalue weighted by atomic mass is 16.5. The molecular weight excluding hydrogens is 779 g/mol. The molecule has 2 unspecified atom stereocenters. The summed E-state index contributed by atoms with van der Waals surface area (Å²) in [7, 11) is 0. The number of hydrogen-bond acceptors (Lipinski definition) is 5. The largest absolute Gasteiger partial charge is 0.466 e. The number of aliphatic hydroxyl groups is 2. The van der Waals surface area contributed by atoms with Crippen LogP contribution in [-0.2, 0) is 14.3 Å². The van der Waals surface area contributed by atoms with Crippen LogP contribution in [0.25, 0.3) is 0 Å². The Morgan fingerprint density at radius 3 is 1.22 bits per heavy atom. The highest BCUT2D eigenvalue weighted by Crippen LogP contribution is 2.17. The quantitative estimate of drug-likeness (QED) is 0.0321. The molecule has 0 bridgehead atoms. The number of nitrogens with one attached hydrogen (secondary N) is 1. The van der Waals surface area contributed by atoms with Crippen LogP contribution >= 0.6 is 0 Å². The Hall–Kier alpha value is -1.66. The molecule has 6 nitrogen and oxygen atoms in total. The van der Waals surface area contributed by atoms with E-state index in [0.717, 1.165) is 64.2 Å². The zero-order chi connectivity index (χ0) is 45.8. The van der Waals surface area contributed by atoms with Gasteiger partial charge < -0.3 is 20.3 Å². The van der Waals surface area contributed by atoms with Gasteiger partial charge in [0.2, 0.25) is 5.91 Å². The maximum atomic E-state index is 12.5. The smallest absolute Gasteiger partial charge is 0.305 e. The lowest BCUT2D eigenvalue weighted by Crippen LogP contribution is -2.45. The molecule has 1 amide bonds. The Labute approximate surface area is 392 Å². The zero-order valence-corrected chi connectivity index (χ0v) is 42.3. The van der Waals surface area contributed by atoms with Gasteiger partial charge in [0, 0.05) is 12.8 Å². The molecular formula is C57H109NO5. The molecule has 0 aliphatic carbocycles. The van der Waals surface area contributed by atoms with Crippen molar-refractivity contribution < 1.29 is 24.5 Å². The topological polar surface area (TPSA) is 95.9 Å². The summed E-state index contributed by atoms with van der Waals surface area (Å²) < 4.78 is 5.47. The fourth-order valence-corrected chi connectivity index (χ4v) is 8.67. The summed E-state index contributed by atoms with van der Waals surface area (Å²) in [6.45, 7) is 4.90. The van der Waals surface area contributed by atoms with Gasteiger partial charge in [-0.1, -0.05) is 256 Å². The van der Waals surface area contributed by atoms with E-state index in [4.69, 9.17) is 4.74 Å². The summed E-state index contributed by atoms with van der Waals surface area (Å²) in [5.41, 5.74) is 0. The highest BCUT2D eigenvalue weighted by Gasteiger charge is 2.20. The number of carbonyl (C=O) groups is 2. The molecule has 0 saturated carbocycles. The zero-order valence-electron chi connectivity index (χ0n) is 42.3. The van der Waals surface area contributed by atoms with Crippen LogP contribution in [-0.4, -0.2) is 47.4 Å². The Bertz CT molecular complexity index is 982. The summed E-state index contributed by atoms with van der Waals surface area (Å²) in [5, 5.41) is 23.3. The van der Waals surface area contributed by atoms with E-state index in [1.54, 1.807) is 0 Å². The predicted octanol–water partition coefficient (Wildman–Crippen LogP) is 17.1. The van der Waals surface area contributed by atoms with Crippen LogP contribution in [0.2, 0.25) is 0 Å². The van der Waals surface area contributed by atoms with Gasteiger partial charge in [-0.05, 0) is 57.8 Å². The molecule has 0 aliphatic rings. The minimum atomic E-state index is -0.677. The first kappa shape index (κ1) is 61.3. The lowest BCUT2D eigenvalue weighted by Gasteiger charge is -2.22.